The Hall–Kier alpha value is -1.92. The summed E-state index contributed by atoms with van der Waals surface area (Å²) < 4.78 is 1.08. The first kappa shape index (κ1) is 13.5. The summed E-state index contributed by atoms with van der Waals surface area (Å²) in [6.45, 7) is 4.11. The van der Waals surface area contributed by atoms with Crippen LogP contribution < -0.4 is 16.2 Å². The molecular formula is C13H13N3OS2. The van der Waals surface area contributed by atoms with Crippen LogP contribution in [0.15, 0.2) is 42.3 Å². The maximum Gasteiger partial charge on any atom is 0.271 e. The van der Waals surface area contributed by atoms with E-state index in [0.29, 0.717) is 17.2 Å². The van der Waals surface area contributed by atoms with Crippen molar-refractivity contribution in [2.45, 2.75) is 0 Å². The second kappa shape index (κ2) is 6.31. The lowest BCUT2D eigenvalue weighted by Crippen LogP contribution is -2.46. The summed E-state index contributed by atoms with van der Waals surface area (Å²) in [6.07, 6.45) is 1.68. The number of thiophene rings is 1. The molecule has 0 aliphatic rings. The van der Waals surface area contributed by atoms with Crippen LogP contribution in [0.5, 0.6) is 0 Å². The van der Waals surface area contributed by atoms with Crippen LogP contribution in [-0.4, -0.2) is 17.6 Å². The van der Waals surface area contributed by atoms with Gasteiger partial charge in [0.15, 0.2) is 5.11 Å². The van der Waals surface area contributed by atoms with Crippen LogP contribution in [0, 0.1) is 0 Å². The minimum atomic E-state index is -0.208. The molecule has 2 aromatic rings. The first-order valence-electron chi connectivity index (χ1n) is 5.63. The molecule has 1 aromatic carbocycles. The molecule has 0 atom stereocenters. The zero-order valence-corrected chi connectivity index (χ0v) is 11.7. The van der Waals surface area contributed by atoms with E-state index in [0.717, 1.165) is 10.1 Å². The fraction of sp³-hybridized carbons (Fsp3) is 0.0769. The Morgan fingerprint density at radius 3 is 2.95 bits per heavy atom. The molecule has 0 spiro atoms. The van der Waals surface area contributed by atoms with Crippen molar-refractivity contribution in [3.05, 3.63) is 47.9 Å². The molecule has 0 bridgehead atoms. The number of fused-ring (bicyclic) bond motifs is 1. The molecule has 19 heavy (non-hydrogen) atoms. The molecule has 98 valence electrons. The van der Waals surface area contributed by atoms with Crippen molar-refractivity contribution in [1.82, 2.24) is 16.2 Å². The predicted octanol–water partition coefficient (Wildman–Crippen LogP) is 2.20. The maximum absolute atomic E-state index is 12.0. The van der Waals surface area contributed by atoms with E-state index < -0.39 is 0 Å². The summed E-state index contributed by atoms with van der Waals surface area (Å²) in [4.78, 5) is 12.0. The molecule has 3 N–H and O–H groups in total. The van der Waals surface area contributed by atoms with Gasteiger partial charge in [0.25, 0.3) is 5.91 Å². The summed E-state index contributed by atoms with van der Waals surface area (Å²) in [6, 6.07) is 7.78. The molecule has 6 heteroatoms. The number of hydrazine groups is 1. The van der Waals surface area contributed by atoms with Crippen molar-refractivity contribution in [2.24, 2.45) is 0 Å². The molecule has 1 amide bonds. The Bertz CT molecular complexity index is 621. The second-order valence-corrected chi connectivity index (χ2v) is 5.04. The van der Waals surface area contributed by atoms with Gasteiger partial charge in [-0.15, -0.1) is 17.9 Å². The lowest BCUT2D eigenvalue weighted by atomic mass is 10.2. The van der Waals surface area contributed by atoms with E-state index in [9.17, 15) is 4.79 Å². The van der Waals surface area contributed by atoms with E-state index >= 15 is 0 Å². The number of rotatable bonds is 3. The molecule has 0 saturated carbocycles. The zero-order chi connectivity index (χ0) is 13.7. The third-order valence-electron chi connectivity index (χ3n) is 2.42. The summed E-state index contributed by atoms with van der Waals surface area (Å²) in [5.41, 5.74) is 5.85. The summed E-state index contributed by atoms with van der Waals surface area (Å²) in [5, 5.41) is 5.99. The van der Waals surface area contributed by atoms with Crippen molar-refractivity contribution in [1.29, 1.82) is 0 Å². The smallest absolute Gasteiger partial charge is 0.271 e. The molecule has 4 nitrogen and oxygen atoms in total. The van der Waals surface area contributed by atoms with Crippen molar-refractivity contribution in [2.75, 3.05) is 6.54 Å². The highest BCUT2D eigenvalue weighted by Crippen LogP contribution is 2.25. The Morgan fingerprint density at radius 2 is 2.16 bits per heavy atom. The maximum atomic E-state index is 12.0. The van der Waals surface area contributed by atoms with Crippen LogP contribution in [0.3, 0.4) is 0 Å². The van der Waals surface area contributed by atoms with E-state index in [1.807, 2.05) is 29.6 Å². The number of amides is 1. The third-order valence-corrected chi connectivity index (χ3v) is 3.63. The number of thiocarbonyl (C=S) groups is 1. The van der Waals surface area contributed by atoms with Gasteiger partial charge in [0.05, 0.1) is 5.56 Å². The number of hydrogen-bond donors (Lipinski definition) is 3. The fourth-order valence-corrected chi connectivity index (χ4v) is 2.62. The topological polar surface area (TPSA) is 53.2 Å². The Kier molecular flexibility index (Phi) is 4.48. The Balaban J connectivity index is 2.00. The van der Waals surface area contributed by atoms with E-state index in [-0.39, 0.29) is 5.91 Å². The quantitative estimate of drug-likeness (QED) is 0.461. The minimum absolute atomic E-state index is 0.208. The number of carbonyl (C=O) groups is 1. The van der Waals surface area contributed by atoms with E-state index in [1.165, 1.54) is 0 Å². The van der Waals surface area contributed by atoms with Crippen LogP contribution >= 0.6 is 23.6 Å². The van der Waals surface area contributed by atoms with Crippen molar-refractivity contribution in [3.63, 3.8) is 0 Å². The lowest BCUT2D eigenvalue weighted by Gasteiger charge is -2.09. The Morgan fingerprint density at radius 1 is 1.37 bits per heavy atom. The molecule has 0 radical (unpaired) electrons. The van der Waals surface area contributed by atoms with Gasteiger partial charge in [0, 0.05) is 22.0 Å². The van der Waals surface area contributed by atoms with Gasteiger partial charge in [-0.25, -0.2) is 0 Å². The van der Waals surface area contributed by atoms with E-state index in [2.05, 4.69) is 22.7 Å². The third kappa shape index (κ3) is 3.30. The SMILES string of the molecule is C=CCNC(=S)NNC(=O)c1csc2ccccc12. The molecule has 0 saturated heterocycles. The van der Waals surface area contributed by atoms with Crippen molar-refractivity contribution >= 4 is 44.7 Å². The first-order valence-corrected chi connectivity index (χ1v) is 6.92. The predicted molar refractivity (Wildman–Crippen MR) is 83.2 cm³/mol. The number of hydrogen-bond acceptors (Lipinski definition) is 3. The molecular weight excluding hydrogens is 278 g/mol. The first-order chi connectivity index (χ1) is 9.22. The van der Waals surface area contributed by atoms with Gasteiger partial charge in [-0.1, -0.05) is 24.3 Å². The average molecular weight is 291 g/mol. The molecule has 0 fully saturated rings. The van der Waals surface area contributed by atoms with Gasteiger partial charge in [-0.2, -0.15) is 0 Å². The van der Waals surface area contributed by atoms with Gasteiger partial charge in [0.1, 0.15) is 0 Å². The van der Waals surface area contributed by atoms with Gasteiger partial charge < -0.3 is 5.32 Å². The lowest BCUT2D eigenvalue weighted by molar-refractivity contribution is 0.0946. The standard InChI is InChI=1S/C13H13N3OS2/c1-2-7-14-13(18)16-15-12(17)10-8-19-11-6-4-3-5-9(10)11/h2-6,8H,1,7H2,(H,15,17)(H2,14,16,18). The highest BCUT2D eigenvalue weighted by atomic mass is 32.1. The monoisotopic (exact) mass is 291 g/mol. The summed E-state index contributed by atoms with van der Waals surface area (Å²) in [7, 11) is 0. The number of nitrogens with one attached hydrogen (secondary N) is 3. The van der Waals surface area contributed by atoms with Gasteiger partial charge in [0.2, 0.25) is 0 Å². The normalized spacial score (nSPS) is 9.89. The summed E-state index contributed by atoms with van der Waals surface area (Å²) >= 11 is 6.52. The van der Waals surface area contributed by atoms with Crippen molar-refractivity contribution in [3.8, 4) is 0 Å². The van der Waals surface area contributed by atoms with E-state index in [4.69, 9.17) is 12.2 Å². The Labute approximate surface area is 120 Å². The molecule has 1 aromatic heterocycles. The van der Waals surface area contributed by atoms with Crippen LogP contribution in [0.1, 0.15) is 10.4 Å². The largest absolute Gasteiger partial charge is 0.358 e. The van der Waals surface area contributed by atoms with Gasteiger partial charge >= 0.3 is 0 Å². The van der Waals surface area contributed by atoms with Crippen LogP contribution in [0.25, 0.3) is 10.1 Å². The molecule has 1 heterocycles. The second-order valence-electron chi connectivity index (χ2n) is 3.72. The number of carbonyl (C=O) groups excluding carboxylic acids is 1. The minimum Gasteiger partial charge on any atom is -0.358 e. The van der Waals surface area contributed by atoms with Crippen LogP contribution in [0.2, 0.25) is 0 Å². The van der Waals surface area contributed by atoms with Crippen molar-refractivity contribution < 1.29 is 4.79 Å². The number of benzene rings is 1. The van der Waals surface area contributed by atoms with E-state index in [1.54, 1.807) is 17.4 Å². The fourth-order valence-electron chi connectivity index (χ4n) is 1.54. The van der Waals surface area contributed by atoms with Gasteiger partial charge in [-0.3, -0.25) is 15.6 Å². The van der Waals surface area contributed by atoms with Crippen LogP contribution in [0.4, 0.5) is 0 Å². The van der Waals surface area contributed by atoms with Gasteiger partial charge in [-0.05, 0) is 18.3 Å². The molecule has 0 aliphatic carbocycles. The zero-order valence-electron chi connectivity index (χ0n) is 10.1. The average Bonchev–Trinajstić information content (AvgIpc) is 2.86. The highest BCUT2D eigenvalue weighted by Gasteiger charge is 2.11. The molecule has 0 unspecified atom stereocenters. The highest BCUT2D eigenvalue weighted by molar-refractivity contribution is 7.80. The van der Waals surface area contributed by atoms with Crippen LogP contribution in [-0.2, 0) is 0 Å². The molecule has 2 rings (SSSR count). The molecule has 0 aliphatic heterocycles. The summed E-state index contributed by atoms with van der Waals surface area (Å²) in [5.74, 6) is -0.208.